The van der Waals surface area contributed by atoms with Crippen LogP contribution in [0.15, 0.2) is 53.3 Å². The first-order valence-corrected chi connectivity index (χ1v) is 9.20. The minimum absolute atomic E-state index is 0.0964. The van der Waals surface area contributed by atoms with Crippen LogP contribution in [0.4, 0.5) is 11.5 Å². The number of nitrogens with zero attached hydrogens (tertiary/aromatic N) is 2. The Bertz CT molecular complexity index is 1030. The lowest BCUT2D eigenvalue weighted by Gasteiger charge is -2.17. The van der Waals surface area contributed by atoms with Gasteiger partial charge in [0.25, 0.3) is 11.2 Å². The van der Waals surface area contributed by atoms with Gasteiger partial charge in [-0.05, 0) is 23.4 Å². The van der Waals surface area contributed by atoms with Crippen LogP contribution in [0.5, 0.6) is 0 Å². The maximum absolute atomic E-state index is 13.0. The molecule has 0 radical (unpaired) electrons. The van der Waals surface area contributed by atoms with Crippen molar-refractivity contribution in [3.05, 3.63) is 69.0 Å². The fourth-order valence-corrected chi connectivity index (χ4v) is 3.40. The van der Waals surface area contributed by atoms with E-state index in [2.05, 4.69) is 6.92 Å². The molecule has 0 aliphatic heterocycles. The van der Waals surface area contributed by atoms with Crippen molar-refractivity contribution in [3.63, 3.8) is 0 Å². The fourth-order valence-electron chi connectivity index (χ4n) is 3.40. The van der Waals surface area contributed by atoms with Crippen LogP contribution in [0, 0.1) is 10.1 Å². The number of fused-ring (bicyclic) bond motifs is 1. The molecule has 0 atom stereocenters. The molecule has 1 heterocycles. The summed E-state index contributed by atoms with van der Waals surface area (Å²) in [7, 11) is 0. The third-order valence-electron chi connectivity index (χ3n) is 4.80. The Kier molecular flexibility index (Phi) is 5.54. The van der Waals surface area contributed by atoms with Gasteiger partial charge in [-0.15, -0.1) is 0 Å². The highest BCUT2D eigenvalue weighted by Crippen LogP contribution is 2.33. The van der Waals surface area contributed by atoms with Gasteiger partial charge >= 0.3 is 0 Å². The number of nitrogen functional groups attached to an aromatic ring is 1. The Labute approximate surface area is 157 Å². The number of anilines is 1. The minimum Gasteiger partial charge on any atom is -0.384 e. The van der Waals surface area contributed by atoms with Crippen LogP contribution in [0.25, 0.3) is 21.9 Å². The van der Waals surface area contributed by atoms with E-state index in [9.17, 15) is 14.9 Å². The van der Waals surface area contributed by atoms with Gasteiger partial charge in [0.05, 0.1) is 10.3 Å². The average Bonchev–Trinajstić information content (AvgIpc) is 2.68. The lowest BCUT2D eigenvalue weighted by molar-refractivity contribution is -0.384. The standard InChI is InChI=1S/C21H23N3O3/c1-2-3-4-8-13-23-20(22)19(15-9-6-5-7-10-15)17-12-11-16(24(26)27)14-18(17)21(23)25/h5-7,9-12,14H,2-4,8,13,22H2,1H3. The molecule has 0 aliphatic rings. The van der Waals surface area contributed by atoms with Gasteiger partial charge in [0.15, 0.2) is 0 Å². The second kappa shape index (κ2) is 8.03. The SMILES string of the molecule is CCCCCCn1c(N)c(-c2ccccc2)c2ccc([N+](=O)[O-])cc2c1=O. The summed E-state index contributed by atoms with van der Waals surface area (Å²) in [5, 5.41) is 12.1. The summed E-state index contributed by atoms with van der Waals surface area (Å²) in [6.07, 6.45) is 4.05. The monoisotopic (exact) mass is 365 g/mol. The Morgan fingerprint density at radius 1 is 1.04 bits per heavy atom. The van der Waals surface area contributed by atoms with E-state index in [1.54, 1.807) is 10.6 Å². The van der Waals surface area contributed by atoms with Crippen LogP contribution in [-0.4, -0.2) is 9.49 Å². The van der Waals surface area contributed by atoms with E-state index in [1.807, 2.05) is 30.3 Å². The Morgan fingerprint density at radius 3 is 2.44 bits per heavy atom. The molecule has 2 N–H and O–H groups in total. The molecule has 0 unspecified atom stereocenters. The first kappa shape index (κ1) is 18.6. The number of nitro benzene ring substituents is 1. The number of hydrogen-bond donors (Lipinski definition) is 1. The summed E-state index contributed by atoms with van der Waals surface area (Å²) in [5.41, 5.74) is 7.68. The van der Waals surface area contributed by atoms with E-state index >= 15 is 0 Å². The maximum atomic E-state index is 13.0. The lowest BCUT2D eigenvalue weighted by atomic mass is 9.98. The van der Waals surface area contributed by atoms with Crippen molar-refractivity contribution in [2.75, 3.05) is 5.73 Å². The molecule has 2 aromatic carbocycles. The van der Waals surface area contributed by atoms with Gasteiger partial charge < -0.3 is 5.73 Å². The minimum atomic E-state index is -0.483. The molecule has 1 aromatic heterocycles. The molecule has 3 rings (SSSR count). The summed E-state index contributed by atoms with van der Waals surface area (Å²) >= 11 is 0. The lowest BCUT2D eigenvalue weighted by Crippen LogP contribution is -2.24. The van der Waals surface area contributed by atoms with Crippen molar-refractivity contribution in [2.24, 2.45) is 0 Å². The zero-order valence-electron chi connectivity index (χ0n) is 15.4. The van der Waals surface area contributed by atoms with Crippen molar-refractivity contribution in [2.45, 2.75) is 39.2 Å². The van der Waals surface area contributed by atoms with Crippen molar-refractivity contribution >= 4 is 22.3 Å². The van der Waals surface area contributed by atoms with Crippen molar-refractivity contribution < 1.29 is 4.92 Å². The maximum Gasteiger partial charge on any atom is 0.270 e. The van der Waals surface area contributed by atoms with Gasteiger partial charge in [-0.3, -0.25) is 19.5 Å². The number of rotatable bonds is 7. The molecule has 140 valence electrons. The fraction of sp³-hybridized carbons (Fsp3) is 0.286. The van der Waals surface area contributed by atoms with Crippen LogP contribution in [0.2, 0.25) is 0 Å². The zero-order chi connectivity index (χ0) is 19.4. The average molecular weight is 365 g/mol. The highest BCUT2D eigenvalue weighted by atomic mass is 16.6. The molecular weight excluding hydrogens is 342 g/mol. The number of benzene rings is 2. The van der Waals surface area contributed by atoms with Gasteiger partial charge in [0.2, 0.25) is 0 Å². The smallest absolute Gasteiger partial charge is 0.270 e. The van der Waals surface area contributed by atoms with E-state index in [0.29, 0.717) is 23.1 Å². The van der Waals surface area contributed by atoms with Gasteiger partial charge in [-0.2, -0.15) is 0 Å². The Balaban J connectivity index is 2.24. The predicted molar refractivity (Wildman–Crippen MR) is 109 cm³/mol. The van der Waals surface area contributed by atoms with Crippen LogP contribution >= 0.6 is 0 Å². The number of unbranched alkanes of at least 4 members (excludes halogenated alkanes) is 3. The summed E-state index contributed by atoms with van der Waals surface area (Å²) in [4.78, 5) is 23.7. The summed E-state index contributed by atoms with van der Waals surface area (Å²) in [6, 6.07) is 14.0. The summed E-state index contributed by atoms with van der Waals surface area (Å²) in [5.74, 6) is 0.407. The van der Waals surface area contributed by atoms with Crippen LogP contribution in [-0.2, 0) is 6.54 Å². The highest BCUT2D eigenvalue weighted by molar-refractivity contribution is 6.01. The van der Waals surface area contributed by atoms with Gasteiger partial charge in [0.1, 0.15) is 5.82 Å². The molecule has 0 spiro atoms. The molecule has 0 fully saturated rings. The molecule has 6 heteroatoms. The number of aromatic nitrogens is 1. The van der Waals surface area contributed by atoms with Crippen molar-refractivity contribution in [3.8, 4) is 11.1 Å². The van der Waals surface area contributed by atoms with Gasteiger partial charge in [0, 0.05) is 24.2 Å². The van der Waals surface area contributed by atoms with E-state index < -0.39 is 4.92 Å². The first-order valence-electron chi connectivity index (χ1n) is 9.20. The molecule has 0 saturated heterocycles. The highest BCUT2D eigenvalue weighted by Gasteiger charge is 2.18. The van der Waals surface area contributed by atoms with Crippen LogP contribution < -0.4 is 11.3 Å². The second-order valence-corrected chi connectivity index (χ2v) is 6.63. The molecule has 6 nitrogen and oxygen atoms in total. The van der Waals surface area contributed by atoms with Gasteiger partial charge in [-0.1, -0.05) is 56.5 Å². The number of pyridine rings is 1. The molecule has 3 aromatic rings. The third kappa shape index (κ3) is 3.69. The largest absolute Gasteiger partial charge is 0.384 e. The van der Waals surface area contributed by atoms with Crippen molar-refractivity contribution in [1.82, 2.24) is 4.57 Å². The number of hydrogen-bond acceptors (Lipinski definition) is 4. The number of non-ortho nitro benzene ring substituents is 1. The molecular formula is C21H23N3O3. The molecule has 0 saturated carbocycles. The van der Waals surface area contributed by atoms with Gasteiger partial charge in [-0.25, -0.2) is 0 Å². The van der Waals surface area contributed by atoms with E-state index in [0.717, 1.165) is 36.8 Å². The van der Waals surface area contributed by atoms with E-state index in [4.69, 9.17) is 5.73 Å². The summed E-state index contributed by atoms with van der Waals surface area (Å²) in [6.45, 7) is 2.63. The molecule has 27 heavy (non-hydrogen) atoms. The van der Waals surface area contributed by atoms with E-state index in [-0.39, 0.29) is 11.2 Å². The van der Waals surface area contributed by atoms with Crippen LogP contribution in [0.3, 0.4) is 0 Å². The summed E-state index contributed by atoms with van der Waals surface area (Å²) < 4.78 is 1.56. The molecule has 0 bridgehead atoms. The predicted octanol–water partition coefficient (Wildman–Crippen LogP) is 4.74. The van der Waals surface area contributed by atoms with E-state index in [1.165, 1.54) is 12.1 Å². The van der Waals surface area contributed by atoms with Crippen molar-refractivity contribution in [1.29, 1.82) is 0 Å². The zero-order valence-corrected chi connectivity index (χ0v) is 15.4. The first-order chi connectivity index (χ1) is 13.0. The second-order valence-electron chi connectivity index (χ2n) is 6.63. The normalized spacial score (nSPS) is 11.0. The topological polar surface area (TPSA) is 91.2 Å². The quantitative estimate of drug-likeness (QED) is 0.372. The molecule has 0 aliphatic carbocycles. The number of nitrogens with two attached hydrogens (primary N) is 1. The number of nitro groups is 1. The Hall–Kier alpha value is -3.15. The Morgan fingerprint density at radius 2 is 1.78 bits per heavy atom. The van der Waals surface area contributed by atoms with Crippen LogP contribution in [0.1, 0.15) is 32.6 Å². The molecule has 0 amide bonds. The third-order valence-corrected chi connectivity index (χ3v) is 4.80.